The van der Waals surface area contributed by atoms with Crippen molar-refractivity contribution in [1.29, 1.82) is 0 Å². The fraction of sp³-hybridized carbons (Fsp3) is 0. The maximum Gasteiger partial charge on any atom is 0.410 e. The van der Waals surface area contributed by atoms with Crippen LogP contribution in [0.15, 0.2) is 6.07 Å². The van der Waals surface area contributed by atoms with Crippen LogP contribution >= 0.6 is 0 Å². The van der Waals surface area contributed by atoms with Gasteiger partial charge in [-0.2, -0.15) is 8.78 Å². The predicted octanol–water partition coefficient (Wildman–Crippen LogP) is 1.70. The number of benzene rings is 1. The molecule has 0 aromatic heterocycles. The van der Waals surface area contributed by atoms with Gasteiger partial charge in [0.2, 0.25) is 17.4 Å². The van der Waals surface area contributed by atoms with Crippen LogP contribution in [0.1, 0.15) is 0 Å². The summed E-state index contributed by atoms with van der Waals surface area (Å²) in [6.07, 6.45) is -1.58. The molecule has 1 amide bonds. The van der Waals surface area contributed by atoms with Crippen LogP contribution in [0.5, 0.6) is 5.75 Å². The van der Waals surface area contributed by atoms with Crippen molar-refractivity contribution in [3.63, 3.8) is 0 Å². The summed E-state index contributed by atoms with van der Waals surface area (Å²) >= 11 is 0. The molecule has 7 heteroatoms. The lowest BCUT2D eigenvalue weighted by molar-refractivity contribution is 0.204. The lowest BCUT2D eigenvalue weighted by Gasteiger charge is -2.04. The molecule has 0 radical (unpaired) electrons. The molecular formula is C7H3F4NO2. The molecule has 1 aromatic rings. The van der Waals surface area contributed by atoms with Gasteiger partial charge in [-0.1, -0.05) is 0 Å². The number of hydrogen-bond acceptors (Lipinski definition) is 2. The number of carbonyl (C=O) groups excluding carboxylic acids is 1. The molecule has 0 atom stereocenters. The molecule has 0 saturated heterocycles. The quantitative estimate of drug-likeness (QED) is 0.565. The Morgan fingerprint density at radius 1 is 1.14 bits per heavy atom. The van der Waals surface area contributed by atoms with Crippen molar-refractivity contribution in [1.82, 2.24) is 0 Å². The second-order valence-electron chi connectivity index (χ2n) is 2.22. The minimum Gasteiger partial charge on any atom is -0.404 e. The molecule has 1 aromatic carbocycles. The van der Waals surface area contributed by atoms with Gasteiger partial charge < -0.3 is 10.5 Å². The first-order valence-corrected chi connectivity index (χ1v) is 3.23. The molecule has 0 unspecified atom stereocenters. The van der Waals surface area contributed by atoms with Crippen molar-refractivity contribution in [3.8, 4) is 5.75 Å². The summed E-state index contributed by atoms with van der Waals surface area (Å²) in [5.74, 6) is -8.49. The Morgan fingerprint density at radius 3 is 1.93 bits per heavy atom. The Hall–Kier alpha value is -1.79. The average Bonchev–Trinajstić information content (AvgIpc) is 2.09. The number of carbonyl (C=O) groups is 1. The summed E-state index contributed by atoms with van der Waals surface area (Å²) in [6, 6.07) is -0.0154. The van der Waals surface area contributed by atoms with E-state index < -0.39 is 35.1 Å². The standard InChI is InChI=1S/C7H3F4NO2/c8-2-1-3(9)5(11)6(4(2)10)14-7(12)13/h1H,(H2,12,13). The molecule has 0 aliphatic rings. The summed E-state index contributed by atoms with van der Waals surface area (Å²) in [7, 11) is 0. The van der Waals surface area contributed by atoms with Crippen molar-refractivity contribution in [2.45, 2.75) is 0 Å². The maximum atomic E-state index is 12.7. The number of rotatable bonds is 1. The van der Waals surface area contributed by atoms with E-state index in [0.717, 1.165) is 0 Å². The Kier molecular flexibility index (Phi) is 2.59. The first-order chi connectivity index (χ1) is 6.43. The second-order valence-corrected chi connectivity index (χ2v) is 2.22. The molecule has 0 aliphatic heterocycles. The third kappa shape index (κ3) is 1.76. The Labute approximate surface area is 75.1 Å². The Bertz CT molecular complexity index is 368. The number of hydrogen-bond donors (Lipinski definition) is 1. The van der Waals surface area contributed by atoms with E-state index in [4.69, 9.17) is 0 Å². The molecule has 76 valence electrons. The van der Waals surface area contributed by atoms with Gasteiger partial charge in [0.25, 0.3) is 0 Å². The second kappa shape index (κ2) is 3.52. The van der Waals surface area contributed by atoms with Crippen LogP contribution < -0.4 is 10.5 Å². The summed E-state index contributed by atoms with van der Waals surface area (Å²) in [5.41, 5.74) is 4.42. The van der Waals surface area contributed by atoms with Crippen LogP contribution in [0, 0.1) is 23.3 Å². The molecule has 0 fully saturated rings. The van der Waals surface area contributed by atoms with Crippen LogP contribution in [-0.2, 0) is 0 Å². The van der Waals surface area contributed by atoms with Gasteiger partial charge >= 0.3 is 6.09 Å². The zero-order chi connectivity index (χ0) is 10.9. The van der Waals surface area contributed by atoms with Gasteiger partial charge in [0, 0.05) is 6.07 Å². The highest BCUT2D eigenvalue weighted by atomic mass is 19.2. The molecule has 0 aliphatic carbocycles. The van der Waals surface area contributed by atoms with Gasteiger partial charge in [-0.3, -0.25) is 0 Å². The number of primary amides is 1. The third-order valence-electron chi connectivity index (χ3n) is 1.27. The van der Waals surface area contributed by atoms with E-state index in [-0.39, 0.29) is 6.07 Å². The molecule has 3 nitrogen and oxygen atoms in total. The number of ether oxygens (including phenoxy) is 1. The zero-order valence-electron chi connectivity index (χ0n) is 6.48. The number of halogens is 4. The molecule has 14 heavy (non-hydrogen) atoms. The Morgan fingerprint density at radius 2 is 1.57 bits per heavy atom. The van der Waals surface area contributed by atoms with E-state index in [1.165, 1.54) is 0 Å². The fourth-order valence-corrected chi connectivity index (χ4v) is 0.741. The van der Waals surface area contributed by atoms with E-state index in [1.54, 1.807) is 0 Å². The molecule has 2 N–H and O–H groups in total. The highest BCUT2D eigenvalue weighted by molar-refractivity contribution is 5.68. The fourth-order valence-electron chi connectivity index (χ4n) is 0.741. The van der Waals surface area contributed by atoms with E-state index in [1.807, 2.05) is 0 Å². The lowest BCUT2D eigenvalue weighted by Crippen LogP contribution is -2.18. The van der Waals surface area contributed by atoms with E-state index >= 15 is 0 Å². The minimum atomic E-state index is -1.82. The maximum absolute atomic E-state index is 12.7. The van der Waals surface area contributed by atoms with Crippen LogP contribution in [-0.4, -0.2) is 6.09 Å². The van der Waals surface area contributed by atoms with Crippen LogP contribution in [0.3, 0.4) is 0 Å². The topological polar surface area (TPSA) is 52.3 Å². The van der Waals surface area contributed by atoms with Crippen molar-refractivity contribution >= 4 is 6.09 Å². The highest BCUT2D eigenvalue weighted by Crippen LogP contribution is 2.26. The van der Waals surface area contributed by atoms with Crippen LogP contribution in [0.25, 0.3) is 0 Å². The van der Waals surface area contributed by atoms with Crippen molar-refractivity contribution in [2.75, 3.05) is 0 Å². The average molecular weight is 209 g/mol. The van der Waals surface area contributed by atoms with Gasteiger partial charge in [-0.05, 0) is 0 Å². The monoisotopic (exact) mass is 209 g/mol. The smallest absolute Gasteiger partial charge is 0.404 e. The molecule has 0 saturated carbocycles. The van der Waals surface area contributed by atoms with Crippen LogP contribution in [0.4, 0.5) is 22.4 Å². The lowest BCUT2D eigenvalue weighted by atomic mass is 10.3. The molecule has 0 bridgehead atoms. The summed E-state index contributed by atoms with van der Waals surface area (Å²) in [6.45, 7) is 0. The third-order valence-corrected chi connectivity index (χ3v) is 1.27. The zero-order valence-corrected chi connectivity index (χ0v) is 6.48. The van der Waals surface area contributed by atoms with E-state index in [9.17, 15) is 22.4 Å². The molecule has 0 heterocycles. The molecule has 1 rings (SSSR count). The first kappa shape index (κ1) is 10.3. The van der Waals surface area contributed by atoms with Crippen molar-refractivity contribution in [3.05, 3.63) is 29.3 Å². The van der Waals surface area contributed by atoms with Crippen LogP contribution in [0.2, 0.25) is 0 Å². The minimum absolute atomic E-state index is 0.0154. The molecule has 0 spiro atoms. The van der Waals surface area contributed by atoms with Gasteiger partial charge in [0.1, 0.15) is 0 Å². The van der Waals surface area contributed by atoms with E-state index in [2.05, 4.69) is 10.5 Å². The van der Waals surface area contributed by atoms with Gasteiger partial charge in [0.05, 0.1) is 0 Å². The largest absolute Gasteiger partial charge is 0.410 e. The first-order valence-electron chi connectivity index (χ1n) is 3.23. The number of nitrogens with two attached hydrogens (primary N) is 1. The van der Waals surface area contributed by atoms with Gasteiger partial charge in [-0.25, -0.2) is 13.6 Å². The summed E-state index contributed by atoms with van der Waals surface area (Å²) in [5, 5.41) is 0. The molecular weight excluding hydrogens is 206 g/mol. The number of amides is 1. The van der Waals surface area contributed by atoms with Crippen molar-refractivity contribution in [2.24, 2.45) is 5.73 Å². The predicted molar refractivity (Wildman–Crippen MR) is 36.5 cm³/mol. The highest BCUT2D eigenvalue weighted by Gasteiger charge is 2.21. The normalized spacial score (nSPS) is 10.0. The van der Waals surface area contributed by atoms with Gasteiger partial charge in [0.15, 0.2) is 11.6 Å². The summed E-state index contributed by atoms with van der Waals surface area (Å²) < 4.78 is 54.0. The summed E-state index contributed by atoms with van der Waals surface area (Å²) in [4.78, 5) is 10.1. The SMILES string of the molecule is NC(=O)Oc1c(F)c(F)cc(F)c1F. The van der Waals surface area contributed by atoms with Gasteiger partial charge in [-0.15, -0.1) is 0 Å². The van der Waals surface area contributed by atoms with E-state index in [0.29, 0.717) is 0 Å². The Balaban J connectivity index is 3.31. The van der Waals surface area contributed by atoms with Crippen molar-refractivity contribution < 1.29 is 27.1 Å².